The summed E-state index contributed by atoms with van der Waals surface area (Å²) >= 11 is 5.65. The minimum atomic E-state index is -0.869. The Kier molecular flexibility index (Phi) is 2.60. The summed E-state index contributed by atoms with van der Waals surface area (Å²) in [6, 6.07) is 1.56. The number of rotatable bonds is 2. The minimum absolute atomic E-state index is 0.441. The number of nitrogens with zero attached hydrogens (tertiary/aromatic N) is 2. The van der Waals surface area contributed by atoms with Gasteiger partial charge in [0.2, 0.25) is 5.91 Å². The zero-order valence-corrected chi connectivity index (χ0v) is 7.25. The predicted molar refractivity (Wildman–Crippen MR) is 44.6 cm³/mol. The highest BCUT2D eigenvalue weighted by Crippen LogP contribution is 2.16. The van der Waals surface area contributed by atoms with Gasteiger partial charge in [-0.3, -0.25) is 4.79 Å². The van der Waals surface area contributed by atoms with E-state index in [1.54, 1.807) is 13.0 Å². The van der Waals surface area contributed by atoms with Crippen molar-refractivity contribution >= 4 is 17.5 Å². The van der Waals surface area contributed by atoms with Crippen LogP contribution in [0.1, 0.15) is 16.9 Å². The van der Waals surface area contributed by atoms with Crippen molar-refractivity contribution in [3.8, 4) is 0 Å². The maximum atomic E-state index is 10.6. The summed E-state index contributed by atoms with van der Waals surface area (Å²) < 4.78 is 0. The first-order valence-corrected chi connectivity index (χ1v) is 3.78. The first kappa shape index (κ1) is 8.93. The highest BCUT2D eigenvalue weighted by atomic mass is 35.5. The van der Waals surface area contributed by atoms with Crippen molar-refractivity contribution in [1.29, 1.82) is 0 Å². The van der Waals surface area contributed by atoms with Crippen molar-refractivity contribution in [2.75, 3.05) is 0 Å². The van der Waals surface area contributed by atoms with Crippen molar-refractivity contribution in [1.82, 2.24) is 9.97 Å². The minimum Gasteiger partial charge on any atom is -0.368 e. The van der Waals surface area contributed by atoms with Gasteiger partial charge in [-0.15, -0.1) is 11.6 Å². The predicted octanol–water partition coefficient (Wildman–Crippen LogP) is 0.550. The lowest BCUT2D eigenvalue weighted by atomic mass is 10.3. The molecule has 0 aliphatic rings. The first-order chi connectivity index (χ1) is 5.61. The largest absolute Gasteiger partial charge is 0.368 e. The zero-order chi connectivity index (χ0) is 9.14. The third-order valence-corrected chi connectivity index (χ3v) is 1.75. The molecule has 0 saturated carbocycles. The highest BCUT2D eigenvalue weighted by molar-refractivity contribution is 6.30. The van der Waals surface area contributed by atoms with Gasteiger partial charge in [0.15, 0.2) is 5.38 Å². The van der Waals surface area contributed by atoms with E-state index < -0.39 is 11.3 Å². The average molecular weight is 186 g/mol. The van der Waals surface area contributed by atoms with Crippen molar-refractivity contribution in [3.05, 3.63) is 23.8 Å². The average Bonchev–Trinajstić information content (AvgIpc) is 2.03. The van der Waals surface area contributed by atoms with Crippen LogP contribution in [0.5, 0.6) is 0 Å². The molecule has 1 amide bonds. The molecule has 1 aromatic heterocycles. The van der Waals surface area contributed by atoms with Gasteiger partial charge in [-0.2, -0.15) is 0 Å². The van der Waals surface area contributed by atoms with Gasteiger partial charge in [0, 0.05) is 6.20 Å². The van der Waals surface area contributed by atoms with Gasteiger partial charge in [0.25, 0.3) is 0 Å². The molecule has 1 heterocycles. The Morgan fingerprint density at radius 1 is 1.75 bits per heavy atom. The van der Waals surface area contributed by atoms with E-state index in [0.717, 1.165) is 0 Å². The van der Waals surface area contributed by atoms with Crippen LogP contribution in [0.2, 0.25) is 0 Å². The van der Waals surface area contributed by atoms with Gasteiger partial charge < -0.3 is 5.73 Å². The van der Waals surface area contributed by atoms with E-state index in [1.807, 2.05) is 0 Å². The first-order valence-electron chi connectivity index (χ1n) is 3.34. The molecule has 0 aliphatic carbocycles. The van der Waals surface area contributed by atoms with E-state index >= 15 is 0 Å². The molecule has 4 nitrogen and oxygen atoms in total. The molecule has 0 aromatic carbocycles. The Bertz CT molecular complexity index is 302. The number of amides is 1. The molecule has 2 N–H and O–H groups in total. The molecule has 0 saturated heterocycles. The maximum Gasteiger partial charge on any atom is 0.241 e. The fraction of sp³-hybridized carbons (Fsp3) is 0.286. The maximum absolute atomic E-state index is 10.6. The molecule has 1 rings (SSSR count). The Labute approximate surface area is 74.8 Å². The Morgan fingerprint density at radius 2 is 2.42 bits per heavy atom. The van der Waals surface area contributed by atoms with Gasteiger partial charge >= 0.3 is 0 Å². The summed E-state index contributed by atoms with van der Waals surface area (Å²) in [4.78, 5) is 18.5. The highest BCUT2D eigenvalue weighted by Gasteiger charge is 2.15. The van der Waals surface area contributed by atoms with E-state index in [0.29, 0.717) is 11.5 Å². The molecule has 1 aromatic rings. The lowest BCUT2D eigenvalue weighted by Gasteiger charge is -2.03. The van der Waals surface area contributed by atoms with Crippen LogP contribution in [-0.4, -0.2) is 15.9 Å². The zero-order valence-electron chi connectivity index (χ0n) is 6.49. The number of carbonyl (C=O) groups excluding carboxylic acids is 1. The third kappa shape index (κ3) is 1.92. The number of carbonyl (C=O) groups is 1. The number of hydrogen-bond donors (Lipinski definition) is 1. The standard InChI is InChI=1S/C7H8ClN3O/c1-4-10-3-2-5(11-4)6(8)7(9)12/h2-3,6H,1H3,(H2,9,12). The van der Waals surface area contributed by atoms with Crippen molar-refractivity contribution in [2.24, 2.45) is 5.73 Å². The molecule has 0 fully saturated rings. The third-order valence-electron chi connectivity index (χ3n) is 1.31. The Balaban J connectivity index is 2.95. The molecule has 12 heavy (non-hydrogen) atoms. The van der Waals surface area contributed by atoms with Crippen LogP contribution in [0.15, 0.2) is 12.3 Å². The summed E-state index contributed by atoms with van der Waals surface area (Å²) in [6.45, 7) is 1.72. The molecular weight excluding hydrogens is 178 g/mol. The van der Waals surface area contributed by atoms with Gasteiger partial charge in [0.05, 0.1) is 5.69 Å². The number of halogens is 1. The monoisotopic (exact) mass is 185 g/mol. The fourth-order valence-electron chi connectivity index (χ4n) is 0.761. The van der Waals surface area contributed by atoms with Crippen LogP contribution in [0.4, 0.5) is 0 Å². The normalized spacial score (nSPS) is 12.5. The second-order valence-corrected chi connectivity index (χ2v) is 2.73. The number of nitrogens with two attached hydrogens (primary N) is 1. The van der Waals surface area contributed by atoms with Gasteiger partial charge in [0.1, 0.15) is 5.82 Å². The summed E-state index contributed by atoms with van der Waals surface area (Å²) in [7, 11) is 0. The number of primary amides is 1. The van der Waals surface area contributed by atoms with Crippen molar-refractivity contribution < 1.29 is 4.79 Å². The second-order valence-electron chi connectivity index (χ2n) is 2.29. The molecule has 0 bridgehead atoms. The summed E-state index contributed by atoms with van der Waals surface area (Å²) in [5.41, 5.74) is 5.43. The quantitative estimate of drug-likeness (QED) is 0.685. The van der Waals surface area contributed by atoms with Crippen LogP contribution in [-0.2, 0) is 4.79 Å². The molecule has 0 spiro atoms. The summed E-state index contributed by atoms with van der Waals surface area (Å²) in [5, 5.41) is -0.869. The molecule has 0 radical (unpaired) electrons. The topological polar surface area (TPSA) is 68.9 Å². The molecule has 5 heteroatoms. The second kappa shape index (κ2) is 3.49. The molecule has 0 aliphatic heterocycles. The lowest BCUT2D eigenvalue weighted by Crippen LogP contribution is -2.18. The molecule has 1 unspecified atom stereocenters. The van der Waals surface area contributed by atoms with Gasteiger partial charge in [-0.25, -0.2) is 9.97 Å². The molecule has 64 valence electrons. The SMILES string of the molecule is Cc1nccc(C(Cl)C(N)=O)n1. The van der Waals surface area contributed by atoms with E-state index in [-0.39, 0.29) is 0 Å². The summed E-state index contributed by atoms with van der Waals surface area (Å²) in [6.07, 6.45) is 1.54. The Morgan fingerprint density at radius 3 is 2.92 bits per heavy atom. The van der Waals surface area contributed by atoms with Crippen LogP contribution < -0.4 is 5.73 Å². The van der Waals surface area contributed by atoms with E-state index in [9.17, 15) is 4.79 Å². The van der Waals surface area contributed by atoms with E-state index in [4.69, 9.17) is 17.3 Å². The van der Waals surface area contributed by atoms with Gasteiger partial charge in [-0.05, 0) is 13.0 Å². The van der Waals surface area contributed by atoms with Crippen molar-refractivity contribution in [2.45, 2.75) is 12.3 Å². The van der Waals surface area contributed by atoms with Crippen LogP contribution in [0.25, 0.3) is 0 Å². The number of aryl methyl sites for hydroxylation is 1. The van der Waals surface area contributed by atoms with Crippen LogP contribution >= 0.6 is 11.6 Å². The Hall–Kier alpha value is -1.16. The van der Waals surface area contributed by atoms with E-state index in [1.165, 1.54) is 6.20 Å². The van der Waals surface area contributed by atoms with Gasteiger partial charge in [-0.1, -0.05) is 0 Å². The number of hydrogen-bond acceptors (Lipinski definition) is 3. The molecular formula is C7H8ClN3O. The van der Waals surface area contributed by atoms with Crippen molar-refractivity contribution in [3.63, 3.8) is 0 Å². The smallest absolute Gasteiger partial charge is 0.241 e. The molecule has 1 atom stereocenters. The number of alkyl halides is 1. The van der Waals surface area contributed by atoms with Crippen LogP contribution in [0.3, 0.4) is 0 Å². The van der Waals surface area contributed by atoms with Crippen LogP contribution in [0, 0.1) is 6.92 Å². The lowest BCUT2D eigenvalue weighted by molar-refractivity contribution is -0.117. The summed E-state index contributed by atoms with van der Waals surface area (Å²) in [5.74, 6) is -0.0332. The fourth-order valence-corrected chi connectivity index (χ4v) is 0.883. The number of aromatic nitrogens is 2. The van der Waals surface area contributed by atoms with E-state index in [2.05, 4.69) is 9.97 Å².